The Morgan fingerprint density at radius 2 is 1.46 bits per heavy atom. The molecule has 198 valence electrons. The van der Waals surface area contributed by atoms with Crippen molar-refractivity contribution in [3.8, 4) is 0 Å². The molecule has 4 rings (SSSR count). The van der Waals surface area contributed by atoms with Gasteiger partial charge in [-0.1, -0.05) is 54.1 Å². The summed E-state index contributed by atoms with van der Waals surface area (Å²) in [6.45, 7) is -0.126. The Balaban J connectivity index is 1.86. The number of hydrazine groups is 1. The van der Waals surface area contributed by atoms with Gasteiger partial charge in [0.05, 0.1) is 22.3 Å². The van der Waals surface area contributed by atoms with Gasteiger partial charge in [-0.05, 0) is 47.5 Å². The summed E-state index contributed by atoms with van der Waals surface area (Å²) in [6, 6.07) is 18.0. The molecule has 1 aliphatic heterocycles. The van der Waals surface area contributed by atoms with Crippen molar-refractivity contribution in [2.45, 2.75) is 23.0 Å². The summed E-state index contributed by atoms with van der Waals surface area (Å²) >= 11 is 6.06. The lowest BCUT2D eigenvalue weighted by molar-refractivity contribution is -0.137. The van der Waals surface area contributed by atoms with E-state index in [4.69, 9.17) is 16.7 Å². The third-order valence-corrected chi connectivity index (χ3v) is 8.93. The monoisotopic (exact) mass is 573 g/mol. The number of benzene rings is 3. The number of rotatable bonds is 7. The molecule has 0 radical (unpaired) electrons. The van der Waals surface area contributed by atoms with Gasteiger partial charge in [0.1, 0.15) is 0 Å². The Hall–Kier alpha value is -2.48. The molecule has 1 aliphatic rings. The molecular weight excluding hydrogens is 551 g/mol. The van der Waals surface area contributed by atoms with E-state index in [9.17, 15) is 30.0 Å². The van der Waals surface area contributed by atoms with Crippen LogP contribution in [0.25, 0.3) is 0 Å². The highest BCUT2D eigenvalue weighted by atomic mass is 35.5. The summed E-state index contributed by atoms with van der Waals surface area (Å²) in [4.78, 5) is -0.367. The topological polar surface area (TPSA) is 101 Å². The maximum Gasteiger partial charge on any atom is 0.416 e. The molecule has 0 aromatic heterocycles. The predicted molar refractivity (Wildman–Crippen MR) is 133 cm³/mol. The second-order valence-electron chi connectivity index (χ2n) is 8.59. The van der Waals surface area contributed by atoms with Crippen molar-refractivity contribution in [1.82, 2.24) is 9.42 Å². The molecule has 0 bridgehead atoms. The summed E-state index contributed by atoms with van der Waals surface area (Å²) in [5.41, 5.74) is 0.385. The number of alkyl halides is 3. The van der Waals surface area contributed by atoms with Crippen LogP contribution < -0.4 is 5.14 Å². The van der Waals surface area contributed by atoms with Crippen LogP contribution in [0.1, 0.15) is 28.7 Å². The van der Waals surface area contributed by atoms with E-state index in [1.54, 1.807) is 36.4 Å². The largest absolute Gasteiger partial charge is 0.416 e. The van der Waals surface area contributed by atoms with Crippen molar-refractivity contribution >= 4 is 31.6 Å². The number of nitrogens with zero attached hydrogens (tertiary/aromatic N) is 2. The van der Waals surface area contributed by atoms with Gasteiger partial charge in [0.2, 0.25) is 10.0 Å². The van der Waals surface area contributed by atoms with Gasteiger partial charge >= 0.3 is 6.18 Å². The van der Waals surface area contributed by atoms with E-state index >= 15 is 0 Å². The van der Waals surface area contributed by atoms with Gasteiger partial charge in [-0.2, -0.15) is 13.2 Å². The molecule has 0 amide bonds. The van der Waals surface area contributed by atoms with Gasteiger partial charge in [0, 0.05) is 24.0 Å². The molecule has 2 unspecified atom stereocenters. The summed E-state index contributed by atoms with van der Waals surface area (Å²) < 4.78 is 91.8. The minimum Gasteiger partial charge on any atom is -0.229 e. The number of primary sulfonamides is 1. The van der Waals surface area contributed by atoms with Crippen LogP contribution in [0.2, 0.25) is 5.02 Å². The van der Waals surface area contributed by atoms with E-state index in [1.807, 2.05) is 18.2 Å². The second kappa shape index (κ2) is 10.4. The summed E-state index contributed by atoms with van der Waals surface area (Å²) in [5.74, 6) is -0.965. The van der Waals surface area contributed by atoms with E-state index in [2.05, 4.69) is 0 Å². The average molecular weight is 574 g/mol. The van der Waals surface area contributed by atoms with Gasteiger partial charge in [-0.15, -0.1) is 4.41 Å². The normalized spacial score (nSPS) is 19.8. The van der Waals surface area contributed by atoms with Crippen LogP contribution in [0, 0.1) is 0 Å². The maximum absolute atomic E-state index is 14.0. The van der Waals surface area contributed by atoms with Gasteiger partial charge in [0.25, 0.3) is 10.0 Å². The quantitative estimate of drug-likeness (QED) is 0.452. The summed E-state index contributed by atoms with van der Waals surface area (Å²) in [5, 5.41) is 7.00. The smallest absolute Gasteiger partial charge is 0.229 e. The lowest BCUT2D eigenvalue weighted by Crippen LogP contribution is -2.44. The van der Waals surface area contributed by atoms with E-state index in [-0.39, 0.29) is 18.0 Å². The zero-order chi connectivity index (χ0) is 27.0. The Labute approximate surface area is 218 Å². The first kappa shape index (κ1) is 27.6. The molecule has 2 N–H and O–H groups in total. The van der Waals surface area contributed by atoms with Crippen LogP contribution in [0.3, 0.4) is 0 Å². The highest BCUT2D eigenvalue weighted by Gasteiger charge is 2.48. The zero-order valence-electron chi connectivity index (χ0n) is 19.2. The highest BCUT2D eigenvalue weighted by Crippen LogP contribution is 2.46. The lowest BCUT2D eigenvalue weighted by Gasteiger charge is -2.32. The van der Waals surface area contributed by atoms with Crippen molar-refractivity contribution in [3.63, 3.8) is 0 Å². The third-order valence-electron chi connectivity index (χ3n) is 6.10. The number of nitrogens with two attached hydrogens (primary N) is 1. The molecule has 0 spiro atoms. The molecular formula is C24H23ClF3N3O4S2. The van der Waals surface area contributed by atoms with Crippen molar-refractivity contribution in [1.29, 1.82) is 0 Å². The molecule has 3 aromatic rings. The van der Waals surface area contributed by atoms with Crippen molar-refractivity contribution in [2.24, 2.45) is 5.14 Å². The minimum absolute atomic E-state index is 0.118. The van der Waals surface area contributed by atoms with Crippen LogP contribution in [0.4, 0.5) is 13.2 Å². The number of halogens is 4. The third kappa shape index (κ3) is 6.16. The lowest BCUT2D eigenvalue weighted by atomic mass is 9.89. The van der Waals surface area contributed by atoms with Crippen LogP contribution in [-0.4, -0.2) is 45.1 Å². The van der Waals surface area contributed by atoms with E-state index in [0.717, 1.165) is 22.1 Å². The standard InChI is InChI=1S/C24H23ClF3N3O4S2/c25-20-10-6-18(7-11-20)23-22(17-4-2-1-3-5-17)16-30(14-15-36(29,32)33)31(23)37(34,35)21-12-8-19(9-13-21)24(26,27)28/h1-13,22-23H,14-16H2,(H2,29,32,33). The van der Waals surface area contributed by atoms with Gasteiger partial charge in [-0.25, -0.2) is 27.0 Å². The fourth-order valence-corrected chi connectivity index (χ4v) is 6.70. The number of sulfonamides is 2. The number of hydrogen-bond acceptors (Lipinski definition) is 5. The Morgan fingerprint density at radius 3 is 2.00 bits per heavy atom. The van der Waals surface area contributed by atoms with Gasteiger partial charge in [0.15, 0.2) is 0 Å². The summed E-state index contributed by atoms with van der Waals surface area (Å²) in [7, 11) is -8.39. The van der Waals surface area contributed by atoms with E-state index in [0.29, 0.717) is 22.7 Å². The molecule has 37 heavy (non-hydrogen) atoms. The summed E-state index contributed by atoms with van der Waals surface area (Å²) in [6.07, 6.45) is -4.64. The molecule has 1 heterocycles. The minimum atomic E-state index is -4.64. The second-order valence-corrected chi connectivity index (χ2v) is 12.6. The fraction of sp³-hybridized carbons (Fsp3) is 0.250. The zero-order valence-corrected chi connectivity index (χ0v) is 21.6. The maximum atomic E-state index is 14.0. The van der Waals surface area contributed by atoms with Gasteiger partial charge < -0.3 is 0 Å². The molecule has 0 saturated carbocycles. The molecule has 2 atom stereocenters. The highest BCUT2D eigenvalue weighted by molar-refractivity contribution is 7.89. The Bertz CT molecular complexity index is 1450. The Kier molecular flexibility index (Phi) is 7.71. The first-order chi connectivity index (χ1) is 17.3. The number of hydrogen-bond donors (Lipinski definition) is 1. The predicted octanol–water partition coefficient (Wildman–Crippen LogP) is 4.39. The van der Waals surface area contributed by atoms with Gasteiger partial charge in [-0.3, -0.25) is 0 Å². The first-order valence-electron chi connectivity index (χ1n) is 11.0. The van der Waals surface area contributed by atoms with Crippen LogP contribution >= 0.6 is 11.6 Å². The van der Waals surface area contributed by atoms with Crippen molar-refractivity contribution < 1.29 is 30.0 Å². The SMILES string of the molecule is NS(=O)(=O)CCN1CC(c2ccccc2)C(c2ccc(Cl)cc2)N1S(=O)(=O)c1ccc(C(F)(F)F)cc1. The fourth-order valence-electron chi connectivity index (χ4n) is 4.39. The van der Waals surface area contributed by atoms with Crippen LogP contribution in [0.15, 0.2) is 83.8 Å². The molecule has 3 aromatic carbocycles. The van der Waals surface area contributed by atoms with Crippen LogP contribution in [-0.2, 0) is 26.2 Å². The Morgan fingerprint density at radius 1 is 0.865 bits per heavy atom. The van der Waals surface area contributed by atoms with E-state index in [1.165, 1.54) is 5.01 Å². The average Bonchev–Trinajstić information content (AvgIpc) is 3.23. The van der Waals surface area contributed by atoms with Crippen molar-refractivity contribution in [3.05, 3.63) is 101 Å². The van der Waals surface area contributed by atoms with E-state index < -0.39 is 49.5 Å². The first-order valence-corrected chi connectivity index (χ1v) is 14.6. The molecule has 0 aliphatic carbocycles. The van der Waals surface area contributed by atoms with Crippen LogP contribution in [0.5, 0.6) is 0 Å². The molecule has 1 fully saturated rings. The molecule has 1 saturated heterocycles. The molecule has 13 heteroatoms. The van der Waals surface area contributed by atoms with Crippen molar-refractivity contribution in [2.75, 3.05) is 18.8 Å². The molecule has 7 nitrogen and oxygen atoms in total.